The number of hydrogen-bond acceptors (Lipinski definition) is 6. The van der Waals surface area contributed by atoms with Crippen LogP contribution in [-0.4, -0.2) is 42.6 Å². The normalized spacial score (nSPS) is 12.3. The Morgan fingerprint density at radius 3 is 2.48 bits per heavy atom. The number of nitrogens with zero attached hydrogens (tertiary/aromatic N) is 3. The van der Waals surface area contributed by atoms with Gasteiger partial charge in [-0.3, -0.25) is 0 Å². The minimum Gasteiger partial charge on any atom is -0.497 e. The van der Waals surface area contributed by atoms with Crippen molar-refractivity contribution in [1.82, 2.24) is 14.9 Å². The molecule has 0 aliphatic carbocycles. The largest absolute Gasteiger partial charge is 0.497 e. The van der Waals surface area contributed by atoms with Gasteiger partial charge in [0.2, 0.25) is 0 Å². The molecule has 29 heavy (non-hydrogen) atoms. The molecular weight excluding hydrogens is 380 g/mol. The molecule has 0 unspecified atom stereocenters. The van der Waals surface area contributed by atoms with Gasteiger partial charge in [-0.25, -0.2) is 9.97 Å². The standard InChI is InChI=1S/C23H24N4OS/c1-27(2)20(17-7-5-4-6-8-17)13-24-22-21-19(14-29-23(21)26-15-25-22)16-9-11-18(28-3)12-10-16/h4-12,14-15,20H,13H2,1-3H3,(H,24,25,26)/t20-/m1/s1. The fourth-order valence-electron chi connectivity index (χ4n) is 3.46. The van der Waals surface area contributed by atoms with Crippen LogP contribution in [0, 0.1) is 0 Å². The summed E-state index contributed by atoms with van der Waals surface area (Å²) in [6.45, 7) is 0.751. The molecule has 0 amide bonds. The first-order chi connectivity index (χ1) is 14.2. The topological polar surface area (TPSA) is 50.3 Å². The van der Waals surface area contributed by atoms with E-state index in [0.29, 0.717) is 0 Å². The minimum absolute atomic E-state index is 0.240. The molecule has 1 atom stereocenters. The number of likely N-dealkylation sites (N-methyl/N-ethyl adjacent to an activating group) is 1. The molecule has 4 rings (SSSR count). The van der Waals surface area contributed by atoms with Gasteiger partial charge in [0.1, 0.15) is 22.7 Å². The maximum absolute atomic E-state index is 5.29. The van der Waals surface area contributed by atoms with Crippen LogP contribution in [0.5, 0.6) is 5.75 Å². The zero-order valence-corrected chi connectivity index (χ0v) is 17.6. The van der Waals surface area contributed by atoms with E-state index in [2.05, 4.69) is 76.1 Å². The summed E-state index contributed by atoms with van der Waals surface area (Å²) in [4.78, 5) is 12.2. The minimum atomic E-state index is 0.240. The lowest BCUT2D eigenvalue weighted by Crippen LogP contribution is -2.27. The highest BCUT2D eigenvalue weighted by Crippen LogP contribution is 2.37. The summed E-state index contributed by atoms with van der Waals surface area (Å²) in [6, 6.07) is 18.9. The van der Waals surface area contributed by atoms with Crippen molar-refractivity contribution in [2.45, 2.75) is 6.04 Å². The Morgan fingerprint density at radius 2 is 1.79 bits per heavy atom. The monoisotopic (exact) mass is 404 g/mol. The molecule has 2 aromatic carbocycles. The number of benzene rings is 2. The van der Waals surface area contributed by atoms with Crippen molar-refractivity contribution in [3.8, 4) is 16.9 Å². The first-order valence-corrected chi connectivity index (χ1v) is 10.4. The van der Waals surface area contributed by atoms with Crippen LogP contribution in [0.25, 0.3) is 21.3 Å². The van der Waals surface area contributed by atoms with Crippen molar-refractivity contribution in [3.63, 3.8) is 0 Å². The number of anilines is 1. The summed E-state index contributed by atoms with van der Waals surface area (Å²) >= 11 is 1.64. The summed E-state index contributed by atoms with van der Waals surface area (Å²) in [7, 11) is 5.88. The molecule has 2 heterocycles. The Hall–Kier alpha value is -2.96. The molecule has 2 aromatic heterocycles. The van der Waals surface area contributed by atoms with E-state index in [1.165, 1.54) is 5.56 Å². The lowest BCUT2D eigenvalue weighted by atomic mass is 10.0. The molecule has 0 saturated heterocycles. The van der Waals surface area contributed by atoms with E-state index < -0.39 is 0 Å². The van der Waals surface area contributed by atoms with Gasteiger partial charge in [-0.1, -0.05) is 42.5 Å². The second kappa shape index (κ2) is 8.59. The van der Waals surface area contributed by atoms with E-state index in [4.69, 9.17) is 4.74 Å². The third-order valence-corrected chi connectivity index (χ3v) is 5.93. The van der Waals surface area contributed by atoms with Crippen LogP contribution in [0.4, 0.5) is 5.82 Å². The zero-order chi connectivity index (χ0) is 20.2. The molecule has 0 spiro atoms. The number of nitrogens with one attached hydrogen (secondary N) is 1. The number of hydrogen-bond donors (Lipinski definition) is 1. The first-order valence-electron chi connectivity index (χ1n) is 9.49. The summed E-state index contributed by atoms with van der Waals surface area (Å²) < 4.78 is 5.29. The quantitative estimate of drug-likeness (QED) is 0.465. The molecule has 6 heteroatoms. The van der Waals surface area contributed by atoms with Crippen LogP contribution in [0.3, 0.4) is 0 Å². The highest BCUT2D eigenvalue weighted by Gasteiger charge is 2.17. The van der Waals surface area contributed by atoms with Gasteiger partial charge in [0.25, 0.3) is 0 Å². The van der Waals surface area contributed by atoms with Crippen molar-refractivity contribution < 1.29 is 4.74 Å². The van der Waals surface area contributed by atoms with E-state index in [9.17, 15) is 0 Å². The fourth-order valence-corrected chi connectivity index (χ4v) is 4.38. The van der Waals surface area contributed by atoms with Crippen LogP contribution in [0.15, 0.2) is 66.3 Å². The zero-order valence-electron chi connectivity index (χ0n) is 16.8. The average Bonchev–Trinajstić information content (AvgIpc) is 3.19. The summed E-state index contributed by atoms with van der Waals surface area (Å²) in [5, 5.41) is 6.78. The molecule has 0 aliphatic heterocycles. The maximum atomic E-state index is 5.29. The first kappa shape index (κ1) is 19.4. The number of methoxy groups -OCH3 is 1. The highest BCUT2D eigenvalue weighted by atomic mass is 32.1. The number of aromatic nitrogens is 2. The van der Waals surface area contributed by atoms with E-state index in [-0.39, 0.29) is 6.04 Å². The summed E-state index contributed by atoms with van der Waals surface area (Å²) in [6.07, 6.45) is 1.63. The van der Waals surface area contributed by atoms with Crippen LogP contribution in [0.2, 0.25) is 0 Å². The highest BCUT2D eigenvalue weighted by molar-refractivity contribution is 7.17. The van der Waals surface area contributed by atoms with Crippen molar-refractivity contribution in [1.29, 1.82) is 0 Å². The van der Waals surface area contributed by atoms with Gasteiger partial charge in [0, 0.05) is 17.5 Å². The molecule has 4 aromatic rings. The molecule has 0 aliphatic rings. The molecule has 1 N–H and O–H groups in total. The third-order valence-electron chi connectivity index (χ3n) is 5.04. The number of ether oxygens (including phenoxy) is 1. The van der Waals surface area contributed by atoms with Crippen molar-refractivity contribution in [3.05, 3.63) is 71.9 Å². The number of rotatable bonds is 7. The van der Waals surface area contributed by atoms with Gasteiger partial charge in [-0.15, -0.1) is 11.3 Å². The van der Waals surface area contributed by atoms with E-state index >= 15 is 0 Å². The molecule has 0 saturated carbocycles. The van der Waals surface area contributed by atoms with Gasteiger partial charge in [0.05, 0.1) is 18.5 Å². The van der Waals surface area contributed by atoms with Crippen molar-refractivity contribution in [2.75, 3.05) is 33.1 Å². The Balaban J connectivity index is 1.66. The van der Waals surface area contributed by atoms with E-state index in [1.807, 2.05) is 18.2 Å². The fraction of sp³-hybridized carbons (Fsp3) is 0.217. The molecule has 5 nitrogen and oxygen atoms in total. The van der Waals surface area contributed by atoms with Crippen LogP contribution in [-0.2, 0) is 0 Å². The van der Waals surface area contributed by atoms with Crippen molar-refractivity contribution >= 4 is 27.4 Å². The predicted molar refractivity (Wildman–Crippen MR) is 121 cm³/mol. The second-order valence-corrected chi connectivity index (χ2v) is 7.91. The van der Waals surface area contributed by atoms with Gasteiger partial charge in [-0.2, -0.15) is 0 Å². The van der Waals surface area contributed by atoms with Crippen molar-refractivity contribution in [2.24, 2.45) is 0 Å². The Labute approximate surface area is 175 Å². The third kappa shape index (κ3) is 4.09. The van der Waals surface area contributed by atoms with Gasteiger partial charge in [-0.05, 0) is 37.4 Å². The molecular formula is C23H24N4OS. The molecule has 148 valence electrons. The SMILES string of the molecule is COc1ccc(-c2csc3ncnc(NC[C@H](c4ccccc4)N(C)C)c23)cc1. The summed E-state index contributed by atoms with van der Waals surface area (Å²) in [5.74, 6) is 1.71. The predicted octanol–water partition coefficient (Wildman–Crippen LogP) is 5.08. The van der Waals surface area contributed by atoms with E-state index in [1.54, 1.807) is 24.8 Å². The van der Waals surface area contributed by atoms with Gasteiger partial charge >= 0.3 is 0 Å². The van der Waals surface area contributed by atoms with Gasteiger partial charge in [0.15, 0.2) is 0 Å². The lowest BCUT2D eigenvalue weighted by molar-refractivity contribution is 0.311. The average molecular weight is 405 g/mol. The molecule has 0 bridgehead atoms. The van der Waals surface area contributed by atoms with Crippen LogP contribution >= 0.6 is 11.3 Å². The van der Waals surface area contributed by atoms with Crippen LogP contribution < -0.4 is 10.1 Å². The number of thiophene rings is 1. The lowest BCUT2D eigenvalue weighted by Gasteiger charge is -2.25. The Bertz CT molecular complexity index is 1080. The smallest absolute Gasteiger partial charge is 0.138 e. The maximum Gasteiger partial charge on any atom is 0.138 e. The van der Waals surface area contributed by atoms with Gasteiger partial charge < -0.3 is 15.0 Å². The molecule has 0 radical (unpaired) electrons. The van der Waals surface area contributed by atoms with E-state index in [0.717, 1.165) is 39.5 Å². The Morgan fingerprint density at radius 1 is 1.03 bits per heavy atom. The summed E-state index contributed by atoms with van der Waals surface area (Å²) in [5.41, 5.74) is 3.54. The number of fused-ring (bicyclic) bond motifs is 1. The molecule has 0 fully saturated rings. The van der Waals surface area contributed by atoms with Crippen LogP contribution in [0.1, 0.15) is 11.6 Å². The second-order valence-electron chi connectivity index (χ2n) is 7.05. The Kier molecular flexibility index (Phi) is 5.74.